The highest BCUT2D eigenvalue weighted by atomic mass is 16.3. The summed E-state index contributed by atoms with van der Waals surface area (Å²) >= 11 is 0. The van der Waals surface area contributed by atoms with Crippen LogP contribution in [0.15, 0.2) is 36.4 Å². The van der Waals surface area contributed by atoms with Gasteiger partial charge in [-0.15, -0.1) is 0 Å². The van der Waals surface area contributed by atoms with Crippen molar-refractivity contribution in [3.8, 4) is 11.5 Å². The van der Waals surface area contributed by atoms with Crippen molar-refractivity contribution >= 4 is 0 Å². The Morgan fingerprint density at radius 1 is 0.733 bits per heavy atom. The number of phenolic OH excluding ortho intramolecular Hbond substituents is 2. The van der Waals surface area contributed by atoms with Gasteiger partial charge in [-0.1, -0.05) is 99.6 Å². The summed E-state index contributed by atoms with van der Waals surface area (Å²) in [5.41, 5.74) is 4.60. The van der Waals surface area contributed by atoms with E-state index < -0.39 is 0 Å². The van der Waals surface area contributed by atoms with Gasteiger partial charge in [-0.25, -0.2) is 0 Å². The van der Waals surface area contributed by atoms with Crippen LogP contribution in [0.2, 0.25) is 0 Å². The Labute approximate surface area is 185 Å². The van der Waals surface area contributed by atoms with Crippen molar-refractivity contribution in [3.63, 3.8) is 0 Å². The molecule has 0 aliphatic heterocycles. The Bertz CT molecular complexity index is 778. The van der Waals surface area contributed by atoms with Crippen molar-refractivity contribution < 1.29 is 10.2 Å². The Morgan fingerprint density at radius 2 is 1.20 bits per heavy atom. The summed E-state index contributed by atoms with van der Waals surface area (Å²) in [5, 5.41) is 20.0. The molecule has 2 unspecified atom stereocenters. The molecule has 2 nitrogen and oxygen atoms in total. The molecule has 0 spiro atoms. The van der Waals surface area contributed by atoms with Crippen LogP contribution in [0.5, 0.6) is 11.5 Å². The lowest BCUT2D eigenvalue weighted by Gasteiger charge is -2.25. The summed E-state index contributed by atoms with van der Waals surface area (Å²) in [4.78, 5) is 0. The number of benzene rings is 2. The number of aromatic hydroxyl groups is 2. The highest BCUT2D eigenvalue weighted by Gasteiger charge is 2.21. The van der Waals surface area contributed by atoms with Crippen molar-refractivity contribution in [1.82, 2.24) is 0 Å². The van der Waals surface area contributed by atoms with Crippen molar-refractivity contribution in [2.75, 3.05) is 0 Å². The molecule has 30 heavy (non-hydrogen) atoms. The second kappa shape index (κ2) is 10.4. The quantitative estimate of drug-likeness (QED) is 0.529. The topological polar surface area (TPSA) is 40.5 Å². The van der Waals surface area contributed by atoms with E-state index in [0.29, 0.717) is 23.3 Å². The fraction of sp³-hybridized carbons (Fsp3) is 0.571. The number of phenols is 2. The molecule has 2 atom stereocenters. The third-order valence-corrected chi connectivity index (χ3v) is 6.06. The Morgan fingerprint density at radius 3 is 1.57 bits per heavy atom. The predicted molar refractivity (Wildman–Crippen MR) is 131 cm³/mol. The van der Waals surface area contributed by atoms with E-state index >= 15 is 0 Å². The first kappa shape index (κ1) is 26.1. The Balaban J connectivity index is 0.000000300. The second-order valence-corrected chi connectivity index (χ2v) is 10.6. The van der Waals surface area contributed by atoms with Gasteiger partial charge in [-0.05, 0) is 63.8 Å². The molecule has 2 aromatic rings. The second-order valence-electron chi connectivity index (χ2n) is 10.6. The first-order chi connectivity index (χ1) is 13.7. The van der Waals surface area contributed by atoms with Gasteiger partial charge in [0.25, 0.3) is 0 Å². The zero-order valence-electron chi connectivity index (χ0n) is 20.9. The van der Waals surface area contributed by atoms with Crippen LogP contribution in [-0.2, 0) is 10.8 Å². The van der Waals surface area contributed by atoms with Crippen LogP contribution in [0.25, 0.3) is 0 Å². The molecule has 0 heterocycles. The Hall–Kier alpha value is -1.96. The van der Waals surface area contributed by atoms with Gasteiger partial charge in [-0.2, -0.15) is 0 Å². The van der Waals surface area contributed by atoms with Gasteiger partial charge < -0.3 is 10.2 Å². The van der Waals surface area contributed by atoms with E-state index in [0.717, 1.165) is 29.5 Å². The molecule has 0 aliphatic rings. The van der Waals surface area contributed by atoms with E-state index in [-0.39, 0.29) is 10.8 Å². The van der Waals surface area contributed by atoms with Crippen molar-refractivity contribution in [2.24, 2.45) is 0 Å². The maximum Gasteiger partial charge on any atom is 0.122 e. The van der Waals surface area contributed by atoms with Crippen LogP contribution in [0.3, 0.4) is 0 Å². The molecule has 0 fully saturated rings. The molecule has 2 aromatic carbocycles. The normalized spacial score (nSPS) is 13.9. The number of hydrogen-bond donors (Lipinski definition) is 2. The zero-order valence-corrected chi connectivity index (χ0v) is 20.9. The summed E-state index contributed by atoms with van der Waals surface area (Å²) in [7, 11) is 0. The van der Waals surface area contributed by atoms with Gasteiger partial charge in [0.05, 0.1) is 0 Å². The van der Waals surface area contributed by atoms with E-state index in [9.17, 15) is 10.2 Å². The standard InChI is InChI=1S/2C14H22O/c1-13(2,3)10-7-8-12(15)11(9-10)14(4,5)6;1-5-10(3)12-8-7-9-13(14(12)15)11(4)6-2/h7-9,15H,1-6H3;7-11,15H,5-6H2,1-4H3. The van der Waals surface area contributed by atoms with Gasteiger partial charge >= 0.3 is 0 Å². The summed E-state index contributed by atoms with van der Waals surface area (Å²) in [6.45, 7) is 21.5. The summed E-state index contributed by atoms with van der Waals surface area (Å²) in [6, 6.07) is 12.1. The summed E-state index contributed by atoms with van der Waals surface area (Å²) in [6.07, 6.45) is 2.13. The maximum atomic E-state index is 10.2. The number of hydrogen-bond acceptors (Lipinski definition) is 2. The SMILES string of the molecule is CC(C)(C)c1ccc(O)c(C(C)(C)C)c1.CCC(C)c1cccc(C(C)CC)c1O. The molecule has 2 N–H and O–H groups in total. The molecule has 0 aliphatic carbocycles. The largest absolute Gasteiger partial charge is 0.508 e. The van der Waals surface area contributed by atoms with Crippen molar-refractivity contribution in [1.29, 1.82) is 0 Å². The fourth-order valence-electron chi connectivity index (χ4n) is 3.42. The van der Waals surface area contributed by atoms with E-state index in [1.165, 1.54) is 5.56 Å². The van der Waals surface area contributed by atoms with Crippen LogP contribution in [-0.4, -0.2) is 10.2 Å². The van der Waals surface area contributed by atoms with Crippen molar-refractivity contribution in [2.45, 2.75) is 105 Å². The lowest BCUT2D eigenvalue weighted by atomic mass is 9.80. The van der Waals surface area contributed by atoms with Gasteiger partial charge in [-0.3, -0.25) is 0 Å². The van der Waals surface area contributed by atoms with E-state index in [1.54, 1.807) is 6.07 Å². The van der Waals surface area contributed by atoms with Gasteiger partial charge in [0.15, 0.2) is 0 Å². The van der Waals surface area contributed by atoms with E-state index in [4.69, 9.17) is 0 Å². The highest BCUT2D eigenvalue weighted by Crippen LogP contribution is 2.36. The van der Waals surface area contributed by atoms with E-state index in [1.807, 2.05) is 18.2 Å². The molecule has 2 heteroatoms. The number of para-hydroxylation sites is 1. The Kier molecular flexibility index (Phi) is 9.02. The van der Waals surface area contributed by atoms with Crippen LogP contribution in [0, 0.1) is 0 Å². The zero-order chi connectivity index (χ0) is 23.3. The highest BCUT2D eigenvalue weighted by molar-refractivity contribution is 5.44. The lowest BCUT2D eigenvalue weighted by Crippen LogP contribution is -2.16. The minimum atomic E-state index is -0.00859. The molecule has 2 rings (SSSR count). The maximum absolute atomic E-state index is 10.2. The molecule has 168 valence electrons. The molecule has 0 amide bonds. The molecule has 0 radical (unpaired) electrons. The minimum Gasteiger partial charge on any atom is -0.508 e. The van der Waals surface area contributed by atoms with Gasteiger partial charge in [0.2, 0.25) is 0 Å². The molecule has 0 saturated heterocycles. The minimum absolute atomic E-state index is 0.00859. The average Bonchev–Trinajstić information content (AvgIpc) is 2.66. The monoisotopic (exact) mass is 412 g/mol. The van der Waals surface area contributed by atoms with Crippen LogP contribution in [0.4, 0.5) is 0 Å². The smallest absolute Gasteiger partial charge is 0.122 e. The summed E-state index contributed by atoms with van der Waals surface area (Å²) < 4.78 is 0. The number of rotatable bonds is 4. The molecule has 0 aromatic heterocycles. The van der Waals surface area contributed by atoms with Crippen LogP contribution < -0.4 is 0 Å². The first-order valence-electron chi connectivity index (χ1n) is 11.4. The van der Waals surface area contributed by atoms with Gasteiger partial charge in [0.1, 0.15) is 11.5 Å². The molecule has 0 saturated carbocycles. The van der Waals surface area contributed by atoms with Crippen LogP contribution in [0.1, 0.15) is 116 Å². The third-order valence-electron chi connectivity index (χ3n) is 6.06. The summed E-state index contributed by atoms with van der Waals surface area (Å²) in [5.74, 6) is 1.79. The molecular weight excluding hydrogens is 368 g/mol. The average molecular weight is 413 g/mol. The van der Waals surface area contributed by atoms with Crippen LogP contribution >= 0.6 is 0 Å². The first-order valence-corrected chi connectivity index (χ1v) is 11.4. The molecule has 0 bridgehead atoms. The fourth-order valence-corrected chi connectivity index (χ4v) is 3.42. The van der Waals surface area contributed by atoms with Crippen molar-refractivity contribution in [3.05, 3.63) is 58.7 Å². The predicted octanol–water partition coefficient (Wildman–Crippen LogP) is 8.41. The third kappa shape index (κ3) is 6.79. The molecular formula is C28H44O2. The lowest BCUT2D eigenvalue weighted by molar-refractivity contribution is 0.444. The van der Waals surface area contributed by atoms with E-state index in [2.05, 4.69) is 81.4 Å². The van der Waals surface area contributed by atoms with Gasteiger partial charge in [0, 0.05) is 0 Å².